The van der Waals surface area contributed by atoms with Crippen LogP contribution in [0.3, 0.4) is 0 Å². The van der Waals surface area contributed by atoms with Crippen molar-refractivity contribution in [3.63, 3.8) is 0 Å². The monoisotopic (exact) mass is 222 g/mol. The zero-order valence-electron chi connectivity index (χ0n) is 9.81. The van der Waals surface area contributed by atoms with E-state index >= 15 is 0 Å². The van der Waals surface area contributed by atoms with Crippen LogP contribution in [0, 0.1) is 17.8 Å². The van der Waals surface area contributed by atoms with Crippen molar-refractivity contribution >= 4 is 12.1 Å². The number of allylic oxidation sites excluding steroid dienone is 1. The van der Waals surface area contributed by atoms with Gasteiger partial charge in [-0.1, -0.05) is 13.8 Å². The molecule has 3 atom stereocenters. The third kappa shape index (κ3) is 1.91. The lowest BCUT2D eigenvalue weighted by Gasteiger charge is -2.38. The van der Waals surface area contributed by atoms with Gasteiger partial charge in [-0.05, 0) is 31.1 Å². The Morgan fingerprint density at radius 1 is 1.44 bits per heavy atom. The van der Waals surface area contributed by atoms with E-state index in [0.29, 0.717) is 18.1 Å². The Kier molecular flexibility index (Phi) is 3.13. The third-order valence-corrected chi connectivity index (χ3v) is 3.89. The number of ketones is 1. The average Bonchev–Trinajstić information content (AvgIpc) is 2.29. The van der Waals surface area contributed by atoms with Crippen molar-refractivity contribution in [3.8, 4) is 0 Å². The number of carbonyl (C=O) groups is 2. The molecule has 0 saturated heterocycles. The van der Waals surface area contributed by atoms with E-state index in [9.17, 15) is 9.59 Å². The molecule has 0 aromatic rings. The van der Waals surface area contributed by atoms with Crippen LogP contribution >= 0.6 is 0 Å². The van der Waals surface area contributed by atoms with Gasteiger partial charge in [-0.2, -0.15) is 0 Å². The van der Waals surface area contributed by atoms with Gasteiger partial charge in [-0.3, -0.25) is 9.59 Å². The van der Waals surface area contributed by atoms with Crippen molar-refractivity contribution in [3.05, 3.63) is 11.8 Å². The number of hydrogen-bond donors (Lipinski definition) is 0. The van der Waals surface area contributed by atoms with Gasteiger partial charge in [0.1, 0.15) is 6.10 Å². The summed E-state index contributed by atoms with van der Waals surface area (Å²) >= 11 is 0. The Balaban J connectivity index is 2.14. The van der Waals surface area contributed by atoms with Gasteiger partial charge in [0, 0.05) is 0 Å². The molecule has 0 bridgehead atoms. The Labute approximate surface area is 95.9 Å². The van der Waals surface area contributed by atoms with Gasteiger partial charge in [0.2, 0.25) is 0 Å². The predicted octanol–water partition coefficient (Wildman–Crippen LogP) is 2.11. The summed E-state index contributed by atoms with van der Waals surface area (Å²) in [5.41, 5.74) is 0.200. The summed E-state index contributed by atoms with van der Waals surface area (Å²) in [5.74, 6) is 1.07. The molecule has 0 spiro atoms. The number of aldehydes is 1. The van der Waals surface area contributed by atoms with E-state index < -0.39 is 0 Å². The van der Waals surface area contributed by atoms with Crippen molar-refractivity contribution in [2.45, 2.75) is 39.2 Å². The highest BCUT2D eigenvalue weighted by Gasteiger charge is 2.40. The normalized spacial score (nSPS) is 34.1. The smallest absolute Gasteiger partial charge is 0.176 e. The van der Waals surface area contributed by atoms with Crippen molar-refractivity contribution < 1.29 is 14.3 Å². The highest BCUT2D eigenvalue weighted by molar-refractivity contribution is 6.13. The number of ether oxygens (including phenoxy) is 1. The quantitative estimate of drug-likeness (QED) is 0.531. The van der Waals surface area contributed by atoms with Crippen LogP contribution in [0.25, 0.3) is 0 Å². The third-order valence-electron chi connectivity index (χ3n) is 3.89. The largest absolute Gasteiger partial charge is 0.496 e. The lowest BCUT2D eigenvalue weighted by molar-refractivity contribution is -0.129. The van der Waals surface area contributed by atoms with Crippen LogP contribution in [0.4, 0.5) is 0 Å². The van der Waals surface area contributed by atoms with E-state index in [2.05, 4.69) is 13.8 Å². The van der Waals surface area contributed by atoms with Gasteiger partial charge in [0.15, 0.2) is 12.1 Å². The van der Waals surface area contributed by atoms with Crippen molar-refractivity contribution in [2.24, 2.45) is 17.8 Å². The highest BCUT2D eigenvalue weighted by Crippen LogP contribution is 2.38. The zero-order chi connectivity index (χ0) is 11.7. The molecule has 1 fully saturated rings. The van der Waals surface area contributed by atoms with E-state index in [1.165, 1.54) is 6.26 Å². The predicted molar refractivity (Wildman–Crippen MR) is 59.7 cm³/mol. The lowest BCUT2D eigenvalue weighted by atomic mass is 9.71. The molecule has 0 N–H and O–H groups in total. The first-order chi connectivity index (χ1) is 7.63. The number of rotatable bonds is 2. The van der Waals surface area contributed by atoms with E-state index in [1.807, 2.05) is 0 Å². The molecule has 3 unspecified atom stereocenters. The SMILES string of the molecule is CC(C)C1CCC2OC=C(C=O)C(=O)C2C1. The summed E-state index contributed by atoms with van der Waals surface area (Å²) in [6.45, 7) is 4.38. The van der Waals surface area contributed by atoms with Crippen molar-refractivity contribution in [2.75, 3.05) is 0 Å². The summed E-state index contributed by atoms with van der Waals surface area (Å²) in [4.78, 5) is 22.7. The van der Waals surface area contributed by atoms with E-state index in [-0.39, 0.29) is 23.4 Å². The first kappa shape index (κ1) is 11.4. The second-order valence-electron chi connectivity index (χ2n) is 5.15. The summed E-state index contributed by atoms with van der Waals surface area (Å²) in [6.07, 6.45) is 4.88. The van der Waals surface area contributed by atoms with Crippen LogP contribution in [-0.2, 0) is 14.3 Å². The van der Waals surface area contributed by atoms with E-state index in [0.717, 1.165) is 19.3 Å². The Bertz CT molecular complexity index is 330. The molecule has 1 heterocycles. The Hall–Kier alpha value is -1.12. The zero-order valence-corrected chi connectivity index (χ0v) is 9.81. The van der Waals surface area contributed by atoms with Gasteiger partial charge in [0.25, 0.3) is 0 Å². The van der Waals surface area contributed by atoms with Crippen LogP contribution in [0.2, 0.25) is 0 Å². The Morgan fingerprint density at radius 2 is 2.19 bits per heavy atom. The maximum Gasteiger partial charge on any atom is 0.176 e. The number of Topliss-reactive ketones (excluding diaryl/α,β-unsaturated/α-hetero) is 1. The minimum absolute atomic E-state index is 0.00574. The van der Waals surface area contributed by atoms with Crippen LogP contribution in [0.1, 0.15) is 33.1 Å². The first-order valence-electron chi connectivity index (χ1n) is 5.98. The molecule has 1 saturated carbocycles. The second kappa shape index (κ2) is 4.40. The van der Waals surface area contributed by atoms with Gasteiger partial charge >= 0.3 is 0 Å². The standard InChI is InChI=1S/C13H18O3/c1-8(2)9-3-4-12-11(5-9)13(15)10(6-14)7-16-12/h6-9,11-12H,3-5H2,1-2H3. The van der Waals surface area contributed by atoms with Crippen LogP contribution in [0.15, 0.2) is 11.8 Å². The molecule has 1 aliphatic heterocycles. The van der Waals surface area contributed by atoms with Crippen LogP contribution in [-0.4, -0.2) is 18.2 Å². The lowest BCUT2D eigenvalue weighted by Crippen LogP contribution is -2.40. The van der Waals surface area contributed by atoms with Gasteiger partial charge in [0.05, 0.1) is 17.8 Å². The average molecular weight is 222 g/mol. The summed E-state index contributed by atoms with van der Waals surface area (Å²) in [6, 6.07) is 0. The molecular formula is C13H18O3. The van der Waals surface area contributed by atoms with Gasteiger partial charge < -0.3 is 4.74 Å². The molecule has 3 nitrogen and oxygen atoms in total. The fourth-order valence-corrected chi connectivity index (χ4v) is 2.74. The molecule has 88 valence electrons. The number of fused-ring (bicyclic) bond motifs is 1. The molecule has 2 rings (SSSR count). The minimum atomic E-state index is -0.0913. The van der Waals surface area contributed by atoms with Crippen LogP contribution < -0.4 is 0 Å². The molecule has 16 heavy (non-hydrogen) atoms. The number of hydrogen-bond acceptors (Lipinski definition) is 3. The maximum absolute atomic E-state index is 12.0. The van der Waals surface area contributed by atoms with Crippen molar-refractivity contribution in [1.29, 1.82) is 0 Å². The van der Waals surface area contributed by atoms with Crippen molar-refractivity contribution in [1.82, 2.24) is 0 Å². The number of carbonyl (C=O) groups excluding carboxylic acids is 2. The fourth-order valence-electron chi connectivity index (χ4n) is 2.74. The van der Waals surface area contributed by atoms with E-state index in [4.69, 9.17) is 4.74 Å². The fraction of sp³-hybridized carbons (Fsp3) is 0.692. The Morgan fingerprint density at radius 3 is 2.81 bits per heavy atom. The van der Waals surface area contributed by atoms with Gasteiger partial charge in [-0.15, -0.1) is 0 Å². The molecule has 0 radical (unpaired) electrons. The molecule has 3 heteroatoms. The first-order valence-corrected chi connectivity index (χ1v) is 5.98. The molecule has 1 aliphatic carbocycles. The molecule has 2 aliphatic rings. The van der Waals surface area contributed by atoms with Gasteiger partial charge in [-0.25, -0.2) is 0 Å². The molecular weight excluding hydrogens is 204 g/mol. The summed E-state index contributed by atoms with van der Waals surface area (Å²) in [5, 5.41) is 0. The molecule has 0 aromatic heterocycles. The van der Waals surface area contributed by atoms with E-state index in [1.54, 1.807) is 0 Å². The molecule has 0 aromatic carbocycles. The summed E-state index contributed by atoms with van der Waals surface area (Å²) in [7, 11) is 0. The molecule has 0 amide bonds. The van der Waals surface area contributed by atoms with Crippen LogP contribution in [0.5, 0.6) is 0 Å². The summed E-state index contributed by atoms with van der Waals surface area (Å²) < 4.78 is 5.47. The maximum atomic E-state index is 12.0. The topological polar surface area (TPSA) is 43.4 Å². The second-order valence-corrected chi connectivity index (χ2v) is 5.15. The highest BCUT2D eigenvalue weighted by atomic mass is 16.5. The minimum Gasteiger partial charge on any atom is -0.496 e.